The van der Waals surface area contributed by atoms with Gasteiger partial charge >= 0.3 is 17.9 Å². The molecule has 0 unspecified atom stereocenters. The monoisotopic (exact) mass is 832 g/mol. The highest BCUT2D eigenvalue weighted by molar-refractivity contribution is 5.97. The Bertz CT molecular complexity index is 1680. The summed E-state index contributed by atoms with van der Waals surface area (Å²) in [4.78, 5) is 127. The zero-order chi connectivity index (χ0) is 45.0. The third-order valence-electron chi connectivity index (χ3n) is 9.04. The van der Waals surface area contributed by atoms with Gasteiger partial charge < -0.3 is 52.0 Å². The molecule has 9 N–H and O–H groups in total. The first-order chi connectivity index (χ1) is 27.5. The van der Waals surface area contributed by atoms with E-state index in [2.05, 4.69) is 31.9 Å². The van der Waals surface area contributed by atoms with Crippen molar-refractivity contribution in [3.05, 3.63) is 35.4 Å². The van der Waals surface area contributed by atoms with Gasteiger partial charge in [-0.05, 0) is 48.6 Å². The fourth-order valence-corrected chi connectivity index (χ4v) is 5.87. The first-order valence-corrected chi connectivity index (χ1v) is 19.4. The van der Waals surface area contributed by atoms with E-state index in [0.29, 0.717) is 24.7 Å². The van der Waals surface area contributed by atoms with Crippen LogP contribution in [0.15, 0.2) is 24.3 Å². The maximum Gasteiger partial charge on any atom is 0.305 e. The van der Waals surface area contributed by atoms with Crippen molar-refractivity contribution in [1.82, 2.24) is 31.9 Å². The molecule has 0 fully saturated rings. The third kappa shape index (κ3) is 19.4. The average molecular weight is 833 g/mol. The normalized spacial score (nSPS) is 14.2. The SMILES string of the molecule is CCC[C@@H](C=O)NC(=O)[C@H](CC(C)C)NC(=O)[C@@H](NC(=O)[C@H](Cc1ccccc1C)NC(=O)[C@H](CCC(=O)O)NC(=O)[C@H](CC(=O)O)NC(=O)CCC(=O)O)C(C)(C)C. The zero-order valence-electron chi connectivity index (χ0n) is 34.7. The molecule has 0 aliphatic rings. The van der Waals surface area contributed by atoms with Crippen LogP contribution in [-0.4, -0.2) is 111 Å². The second-order valence-electron chi connectivity index (χ2n) is 15.8. The lowest BCUT2D eigenvalue weighted by Gasteiger charge is -2.33. The number of carbonyl (C=O) groups excluding carboxylic acids is 7. The Balaban J connectivity index is 3.54. The summed E-state index contributed by atoms with van der Waals surface area (Å²) >= 11 is 0. The van der Waals surface area contributed by atoms with Crippen molar-refractivity contribution in [2.75, 3.05) is 0 Å². The second kappa shape index (κ2) is 24.8. The number of aliphatic carboxylic acids is 3. The molecule has 6 atom stereocenters. The summed E-state index contributed by atoms with van der Waals surface area (Å²) in [7, 11) is 0. The van der Waals surface area contributed by atoms with Crippen LogP contribution < -0.4 is 31.9 Å². The van der Waals surface area contributed by atoms with Crippen molar-refractivity contribution in [1.29, 1.82) is 0 Å². The number of carboxylic acid groups (broad SMARTS) is 3. The topological polar surface area (TPSA) is 304 Å². The van der Waals surface area contributed by atoms with E-state index in [1.165, 1.54) is 0 Å². The largest absolute Gasteiger partial charge is 0.481 e. The molecule has 0 saturated heterocycles. The van der Waals surface area contributed by atoms with Crippen LogP contribution in [0.25, 0.3) is 0 Å². The van der Waals surface area contributed by atoms with Crippen molar-refractivity contribution in [2.24, 2.45) is 11.3 Å². The number of rotatable bonds is 26. The van der Waals surface area contributed by atoms with Gasteiger partial charge in [-0.15, -0.1) is 0 Å². The fraction of sp³-hybridized carbons (Fsp3) is 0.600. The van der Waals surface area contributed by atoms with E-state index in [4.69, 9.17) is 5.11 Å². The molecule has 0 aromatic heterocycles. The lowest BCUT2D eigenvalue weighted by Crippen LogP contribution is -2.62. The van der Waals surface area contributed by atoms with Crippen molar-refractivity contribution in [2.45, 2.75) is 143 Å². The smallest absolute Gasteiger partial charge is 0.305 e. The number of nitrogens with one attached hydrogen (secondary N) is 6. The summed E-state index contributed by atoms with van der Waals surface area (Å²) in [6, 6.07) is -1.15. The van der Waals surface area contributed by atoms with Gasteiger partial charge in [0.2, 0.25) is 35.4 Å². The van der Waals surface area contributed by atoms with E-state index in [0.717, 1.165) is 5.56 Å². The zero-order valence-corrected chi connectivity index (χ0v) is 34.7. The molecule has 59 heavy (non-hydrogen) atoms. The van der Waals surface area contributed by atoms with Gasteiger partial charge in [-0.3, -0.25) is 43.2 Å². The minimum absolute atomic E-state index is 0.0644. The van der Waals surface area contributed by atoms with E-state index in [1.54, 1.807) is 52.0 Å². The molecule has 1 aromatic carbocycles. The predicted molar refractivity (Wildman–Crippen MR) is 212 cm³/mol. The van der Waals surface area contributed by atoms with E-state index in [-0.39, 0.29) is 18.8 Å². The Morgan fingerprint density at radius 2 is 1.19 bits per heavy atom. The molecule has 19 nitrogen and oxygen atoms in total. The number of amides is 6. The summed E-state index contributed by atoms with van der Waals surface area (Å²) in [5.41, 5.74) is 0.358. The number of aryl methyl sites for hydroxylation is 1. The van der Waals surface area contributed by atoms with E-state index in [1.807, 2.05) is 20.8 Å². The molecule has 0 radical (unpaired) electrons. The van der Waals surface area contributed by atoms with Crippen LogP contribution in [0.2, 0.25) is 0 Å². The summed E-state index contributed by atoms with van der Waals surface area (Å²) in [5, 5.41) is 42.7. The number of hydrogen-bond acceptors (Lipinski definition) is 10. The predicted octanol–water partition coefficient (Wildman–Crippen LogP) is 0.742. The quantitative estimate of drug-likeness (QED) is 0.0583. The van der Waals surface area contributed by atoms with Gasteiger partial charge in [0.15, 0.2) is 0 Å². The minimum atomic E-state index is -1.79. The van der Waals surface area contributed by atoms with E-state index in [9.17, 15) is 58.2 Å². The summed E-state index contributed by atoms with van der Waals surface area (Å²) in [6.45, 7) is 12.3. The Morgan fingerprint density at radius 3 is 1.71 bits per heavy atom. The molecule has 1 rings (SSSR count). The van der Waals surface area contributed by atoms with Gasteiger partial charge in [0.25, 0.3) is 0 Å². The van der Waals surface area contributed by atoms with Crippen molar-refractivity contribution in [3.63, 3.8) is 0 Å². The average Bonchev–Trinajstić information content (AvgIpc) is 3.13. The summed E-state index contributed by atoms with van der Waals surface area (Å²) in [6.07, 6.45) is -1.69. The Hall–Kier alpha value is -5.88. The number of carboxylic acids is 3. The molecule has 0 aliphatic heterocycles. The van der Waals surface area contributed by atoms with Gasteiger partial charge in [0, 0.05) is 19.3 Å². The molecule has 1 aromatic rings. The van der Waals surface area contributed by atoms with Crippen molar-refractivity contribution >= 4 is 59.6 Å². The van der Waals surface area contributed by atoms with Gasteiger partial charge in [0.05, 0.1) is 18.9 Å². The summed E-state index contributed by atoms with van der Waals surface area (Å²) < 4.78 is 0. The van der Waals surface area contributed by atoms with Crippen molar-refractivity contribution in [3.8, 4) is 0 Å². The van der Waals surface area contributed by atoms with Crippen LogP contribution in [0.4, 0.5) is 0 Å². The van der Waals surface area contributed by atoms with Gasteiger partial charge in [0.1, 0.15) is 36.5 Å². The number of benzene rings is 1. The molecule has 0 heterocycles. The third-order valence-corrected chi connectivity index (χ3v) is 9.04. The number of aldehydes is 1. The van der Waals surface area contributed by atoms with E-state index < -0.39 is 127 Å². The Kier molecular flexibility index (Phi) is 21.5. The standard InChI is InChI=1S/C40H60N6O13/c1-8-11-25(21-47)41-36(56)27(18-22(2)3)45-39(59)34(40(5,6)7)46-38(58)28(19-24-13-10-9-12-23(24)4)44-35(55)26(14-16-31(49)50)43-37(57)29(20-33(53)54)42-30(48)15-17-32(51)52/h9-10,12-13,21-22,25-29,34H,8,11,14-20H2,1-7H3,(H,41,56)(H,42,48)(H,43,57)(H,44,55)(H,45,59)(H,46,58)(H,49,50)(H,51,52)(H,53,54)/t25-,26-,27-,28-,29-,34+/m0/s1. The molecule has 0 saturated carbocycles. The summed E-state index contributed by atoms with van der Waals surface area (Å²) in [5.74, 6) is -9.65. The molecule has 328 valence electrons. The Morgan fingerprint density at radius 1 is 0.644 bits per heavy atom. The molecular formula is C40H60N6O13. The molecule has 0 spiro atoms. The van der Waals surface area contributed by atoms with E-state index >= 15 is 0 Å². The molecular weight excluding hydrogens is 772 g/mol. The first kappa shape index (κ1) is 51.1. The van der Waals surface area contributed by atoms with Gasteiger partial charge in [-0.2, -0.15) is 0 Å². The van der Waals surface area contributed by atoms with Gasteiger partial charge in [-0.1, -0.05) is 72.2 Å². The van der Waals surface area contributed by atoms with Crippen LogP contribution in [0, 0.1) is 18.3 Å². The van der Waals surface area contributed by atoms with Crippen LogP contribution in [-0.2, 0) is 54.4 Å². The number of carbonyl (C=O) groups is 10. The lowest BCUT2D eigenvalue weighted by atomic mass is 9.85. The van der Waals surface area contributed by atoms with Crippen LogP contribution in [0.5, 0.6) is 0 Å². The Labute approximate surface area is 343 Å². The minimum Gasteiger partial charge on any atom is -0.481 e. The highest BCUT2D eigenvalue weighted by Crippen LogP contribution is 2.21. The van der Waals surface area contributed by atoms with Crippen LogP contribution >= 0.6 is 0 Å². The molecule has 6 amide bonds. The maximum absolute atomic E-state index is 14.2. The van der Waals surface area contributed by atoms with Crippen molar-refractivity contribution < 1.29 is 63.3 Å². The highest BCUT2D eigenvalue weighted by Gasteiger charge is 2.38. The highest BCUT2D eigenvalue weighted by atomic mass is 16.4. The molecule has 19 heteroatoms. The van der Waals surface area contributed by atoms with Crippen LogP contribution in [0.3, 0.4) is 0 Å². The number of hydrogen-bond donors (Lipinski definition) is 9. The fourth-order valence-electron chi connectivity index (χ4n) is 5.87. The maximum atomic E-state index is 14.2. The first-order valence-electron chi connectivity index (χ1n) is 19.4. The molecule has 0 aliphatic carbocycles. The lowest BCUT2D eigenvalue weighted by molar-refractivity contribution is -0.142. The van der Waals surface area contributed by atoms with Gasteiger partial charge in [-0.25, -0.2) is 0 Å². The second-order valence-corrected chi connectivity index (χ2v) is 15.8. The molecule has 0 bridgehead atoms. The van der Waals surface area contributed by atoms with Crippen LogP contribution in [0.1, 0.15) is 104 Å².